The molecule has 3 nitrogen and oxygen atoms in total. The third-order valence-corrected chi connectivity index (χ3v) is 2.91. The van der Waals surface area contributed by atoms with Crippen molar-refractivity contribution in [3.63, 3.8) is 0 Å². The molecule has 1 aliphatic heterocycles. The summed E-state index contributed by atoms with van der Waals surface area (Å²) in [5.74, 6) is 0. The summed E-state index contributed by atoms with van der Waals surface area (Å²) in [6.07, 6.45) is 0. The number of nitriles is 1. The SMILES string of the molecule is N#Cc1cc(C2COCCN2)cs1. The van der Waals surface area contributed by atoms with Gasteiger partial charge in [-0.1, -0.05) is 0 Å². The van der Waals surface area contributed by atoms with E-state index in [9.17, 15) is 0 Å². The van der Waals surface area contributed by atoms with Crippen molar-refractivity contribution < 1.29 is 4.74 Å². The molecule has 2 heterocycles. The van der Waals surface area contributed by atoms with E-state index in [-0.39, 0.29) is 6.04 Å². The Hall–Kier alpha value is -0.890. The first kappa shape index (κ1) is 8.70. The largest absolute Gasteiger partial charge is 0.378 e. The van der Waals surface area contributed by atoms with E-state index in [0.717, 1.165) is 18.0 Å². The molecule has 0 amide bonds. The van der Waals surface area contributed by atoms with E-state index in [2.05, 4.69) is 11.4 Å². The highest BCUT2D eigenvalue weighted by Crippen LogP contribution is 2.21. The van der Waals surface area contributed by atoms with E-state index in [1.165, 1.54) is 16.9 Å². The minimum atomic E-state index is 0.270. The molecule has 68 valence electrons. The van der Waals surface area contributed by atoms with Gasteiger partial charge in [0.15, 0.2) is 0 Å². The van der Waals surface area contributed by atoms with Crippen LogP contribution in [0.5, 0.6) is 0 Å². The monoisotopic (exact) mass is 194 g/mol. The normalized spacial score (nSPS) is 22.5. The summed E-state index contributed by atoms with van der Waals surface area (Å²) >= 11 is 1.49. The molecule has 1 atom stereocenters. The van der Waals surface area contributed by atoms with Crippen LogP contribution in [0.3, 0.4) is 0 Å². The van der Waals surface area contributed by atoms with Crippen LogP contribution in [0.4, 0.5) is 0 Å². The molecule has 1 aliphatic rings. The number of hydrogen-bond acceptors (Lipinski definition) is 4. The van der Waals surface area contributed by atoms with Gasteiger partial charge in [-0.2, -0.15) is 5.26 Å². The second-order valence-corrected chi connectivity index (χ2v) is 3.85. The molecule has 1 aromatic heterocycles. The van der Waals surface area contributed by atoms with Crippen LogP contribution in [0.2, 0.25) is 0 Å². The lowest BCUT2D eigenvalue weighted by Crippen LogP contribution is -2.34. The molecule has 0 radical (unpaired) electrons. The fourth-order valence-electron chi connectivity index (χ4n) is 1.37. The standard InChI is InChI=1S/C9H10N2OS/c10-4-8-3-7(6-13-8)9-5-12-2-1-11-9/h3,6,9,11H,1-2,5H2. The van der Waals surface area contributed by atoms with Crippen LogP contribution in [0.1, 0.15) is 16.5 Å². The van der Waals surface area contributed by atoms with Gasteiger partial charge in [-0.25, -0.2) is 0 Å². The van der Waals surface area contributed by atoms with Crippen molar-refractivity contribution in [3.05, 3.63) is 21.9 Å². The summed E-state index contributed by atoms with van der Waals surface area (Å²) in [4.78, 5) is 0.766. The highest BCUT2D eigenvalue weighted by molar-refractivity contribution is 7.10. The predicted octanol–water partition coefficient (Wildman–Crippen LogP) is 1.28. The van der Waals surface area contributed by atoms with Gasteiger partial charge < -0.3 is 10.1 Å². The van der Waals surface area contributed by atoms with Crippen LogP contribution >= 0.6 is 11.3 Å². The topological polar surface area (TPSA) is 45.0 Å². The van der Waals surface area contributed by atoms with Gasteiger partial charge in [0.2, 0.25) is 0 Å². The maximum atomic E-state index is 8.66. The minimum Gasteiger partial charge on any atom is -0.378 e. The molecule has 2 rings (SSSR count). The Kier molecular flexibility index (Phi) is 2.60. The maximum absolute atomic E-state index is 8.66. The number of ether oxygens (including phenoxy) is 1. The predicted molar refractivity (Wildman–Crippen MR) is 50.6 cm³/mol. The Bertz CT molecular complexity index is 323. The molecular weight excluding hydrogens is 184 g/mol. The Balaban J connectivity index is 2.11. The van der Waals surface area contributed by atoms with Crippen molar-refractivity contribution in [1.29, 1.82) is 5.26 Å². The van der Waals surface area contributed by atoms with Gasteiger partial charge in [0.25, 0.3) is 0 Å². The molecule has 1 N–H and O–H groups in total. The van der Waals surface area contributed by atoms with E-state index < -0.39 is 0 Å². The first-order valence-electron chi connectivity index (χ1n) is 4.20. The molecule has 0 saturated carbocycles. The summed E-state index contributed by atoms with van der Waals surface area (Å²) < 4.78 is 5.34. The van der Waals surface area contributed by atoms with Crippen LogP contribution in [0.25, 0.3) is 0 Å². The molecule has 0 spiro atoms. The fraction of sp³-hybridized carbons (Fsp3) is 0.444. The summed E-state index contributed by atoms with van der Waals surface area (Å²) in [6.45, 7) is 2.38. The molecule has 0 aliphatic carbocycles. The van der Waals surface area contributed by atoms with Crippen LogP contribution < -0.4 is 5.32 Å². The van der Waals surface area contributed by atoms with Gasteiger partial charge in [-0.15, -0.1) is 11.3 Å². The van der Waals surface area contributed by atoms with Gasteiger partial charge in [0.05, 0.1) is 19.3 Å². The first-order valence-corrected chi connectivity index (χ1v) is 5.08. The molecule has 1 unspecified atom stereocenters. The van der Waals surface area contributed by atoms with E-state index in [1.54, 1.807) is 0 Å². The molecule has 0 aromatic carbocycles. The van der Waals surface area contributed by atoms with E-state index in [1.807, 2.05) is 11.4 Å². The van der Waals surface area contributed by atoms with Crippen molar-refractivity contribution in [1.82, 2.24) is 5.32 Å². The second kappa shape index (κ2) is 3.88. The smallest absolute Gasteiger partial charge is 0.110 e. The third kappa shape index (κ3) is 1.89. The van der Waals surface area contributed by atoms with Crippen molar-refractivity contribution in [3.8, 4) is 6.07 Å². The zero-order valence-electron chi connectivity index (χ0n) is 7.12. The van der Waals surface area contributed by atoms with Crippen LogP contribution in [0.15, 0.2) is 11.4 Å². The van der Waals surface area contributed by atoms with Gasteiger partial charge in [0.1, 0.15) is 10.9 Å². The number of hydrogen-bond donors (Lipinski definition) is 1. The molecule has 13 heavy (non-hydrogen) atoms. The lowest BCUT2D eigenvalue weighted by atomic mass is 10.1. The fourth-order valence-corrected chi connectivity index (χ4v) is 2.12. The number of nitrogens with zero attached hydrogens (tertiary/aromatic N) is 1. The maximum Gasteiger partial charge on any atom is 0.110 e. The van der Waals surface area contributed by atoms with Crippen molar-refractivity contribution in [2.45, 2.75) is 6.04 Å². The number of thiophene rings is 1. The highest BCUT2D eigenvalue weighted by atomic mass is 32.1. The van der Waals surface area contributed by atoms with Gasteiger partial charge in [0, 0.05) is 6.54 Å². The zero-order valence-corrected chi connectivity index (χ0v) is 7.93. The van der Waals surface area contributed by atoms with Crippen molar-refractivity contribution >= 4 is 11.3 Å². The van der Waals surface area contributed by atoms with Crippen LogP contribution in [-0.4, -0.2) is 19.8 Å². The van der Waals surface area contributed by atoms with Crippen molar-refractivity contribution in [2.75, 3.05) is 19.8 Å². The number of morpholine rings is 1. The molecule has 4 heteroatoms. The van der Waals surface area contributed by atoms with Crippen LogP contribution in [0, 0.1) is 11.3 Å². The van der Waals surface area contributed by atoms with Gasteiger partial charge in [-0.3, -0.25) is 0 Å². The average molecular weight is 194 g/mol. The quantitative estimate of drug-likeness (QED) is 0.732. The Morgan fingerprint density at radius 3 is 3.23 bits per heavy atom. The number of rotatable bonds is 1. The zero-order chi connectivity index (χ0) is 9.10. The van der Waals surface area contributed by atoms with E-state index in [0.29, 0.717) is 6.61 Å². The molecular formula is C9H10N2OS. The second-order valence-electron chi connectivity index (χ2n) is 2.94. The Morgan fingerprint density at radius 1 is 1.69 bits per heavy atom. The molecule has 1 fully saturated rings. The summed E-state index contributed by atoms with van der Waals surface area (Å²) in [6, 6.07) is 4.33. The molecule has 1 saturated heterocycles. The third-order valence-electron chi connectivity index (χ3n) is 2.05. The van der Waals surface area contributed by atoms with Gasteiger partial charge >= 0.3 is 0 Å². The highest BCUT2D eigenvalue weighted by Gasteiger charge is 2.16. The van der Waals surface area contributed by atoms with E-state index >= 15 is 0 Å². The average Bonchev–Trinajstić information content (AvgIpc) is 2.67. The first-order chi connectivity index (χ1) is 6.40. The van der Waals surface area contributed by atoms with Gasteiger partial charge in [-0.05, 0) is 17.0 Å². The van der Waals surface area contributed by atoms with E-state index in [4.69, 9.17) is 10.00 Å². The molecule has 1 aromatic rings. The summed E-state index contributed by atoms with van der Waals surface area (Å²) in [5.41, 5.74) is 1.17. The Morgan fingerprint density at radius 2 is 2.62 bits per heavy atom. The molecule has 0 bridgehead atoms. The van der Waals surface area contributed by atoms with Crippen molar-refractivity contribution in [2.24, 2.45) is 0 Å². The summed E-state index contributed by atoms with van der Waals surface area (Å²) in [5, 5.41) is 14.0. The lowest BCUT2D eigenvalue weighted by molar-refractivity contribution is 0.0770. The van der Waals surface area contributed by atoms with Crippen LogP contribution in [-0.2, 0) is 4.74 Å². The summed E-state index contributed by atoms with van der Waals surface area (Å²) in [7, 11) is 0. The Labute approximate surface area is 80.9 Å². The number of nitrogens with one attached hydrogen (secondary N) is 1. The lowest BCUT2D eigenvalue weighted by Gasteiger charge is -2.22. The minimum absolute atomic E-state index is 0.270.